The largest absolute Gasteiger partial charge is 0.462 e. The number of nitrogens with zero attached hydrogens (tertiary/aromatic N) is 1. The van der Waals surface area contributed by atoms with E-state index in [1.165, 1.54) is 36.4 Å². The number of benzene rings is 3. The number of carbonyl (C=O) groups excluding carboxylic acids is 4. The van der Waals surface area contributed by atoms with Gasteiger partial charge in [-0.2, -0.15) is 0 Å². The number of anilines is 2. The van der Waals surface area contributed by atoms with Gasteiger partial charge in [0.25, 0.3) is 11.8 Å². The molecular weight excluding hydrogens is 508 g/mol. The maximum absolute atomic E-state index is 13.1. The number of rotatable bonds is 8. The Kier molecular flexibility index (Phi) is 7.93. The molecule has 9 heteroatoms. The van der Waals surface area contributed by atoms with E-state index in [9.17, 15) is 19.2 Å². The van der Waals surface area contributed by atoms with Crippen LogP contribution in [0.25, 0.3) is 0 Å². The summed E-state index contributed by atoms with van der Waals surface area (Å²) in [5, 5.41) is 2.59. The van der Waals surface area contributed by atoms with Crippen LogP contribution in [0.2, 0.25) is 0 Å². The van der Waals surface area contributed by atoms with Gasteiger partial charge in [0, 0.05) is 5.69 Å². The SMILES string of the molecule is CCCOC(=O)c1ccc(N2C(=O)C(Cl)=C(Nc3ccc(C(=O)Oc4ccc(C)cc4C)cc3)C2=O)cc1. The summed E-state index contributed by atoms with van der Waals surface area (Å²) in [4.78, 5) is 51.3. The molecule has 0 radical (unpaired) electrons. The second kappa shape index (κ2) is 11.3. The first-order chi connectivity index (χ1) is 18.2. The highest BCUT2D eigenvalue weighted by Crippen LogP contribution is 2.30. The predicted molar refractivity (Wildman–Crippen MR) is 143 cm³/mol. The zero-order valence-electron chi connectivity index (χ0n) is 21.0. The van der Waals surface area contributed by atoms with E-state index in [2.05, 4.69) is 5.32 Å². The Balaban J connectivity index is 1.44. The number of imide groups is 1. The van der Waals surface area contributed by atoms with Crippen molar-refractivity contribution in [1.29, 1.82) is 0 Å². The second-order valence-electron chi connectivity index (χ2n) is 8.68. The molecule has 1 heterocycles. The number of hydrogen-bond acceptors (Lipinski definition) is 7. The Bertz CT molecular complexity index is 1440. The van der Waals surface area contributed by atoms with Crippen molar-refractivity contribution in [3.05, 3.63) is 99.7 Å². The molecule has 1 aliphatic heterocycles. The molecule has 194 valence electrons. The topological polar surface area (TPSA) is 102 Å². The predicted octanol–water partition coefficient (Wildman–Crippen LogP) is 5.53. The number of esters is 2. The fraction of sp³-hybridized carbons (Fsp3) is 0.172. The molecule has 0 bridgehead atoms. The third-order valence-electron chi connectivity index (χ3n) is 5.75. The molecule has 38 heavy (non-hydrogen) atoms. The number of halogens is 1. The van der Waals surface area contributed by atoms with Gasteiger partial charge in [-0.05, 0) is 80.4 Å². The molecule has 3 aromatic rings. The molecular formula is C29H25ClN2O6. The van der Waals surface area contributed by atoms with Gasteiger partial charge in [0.15, 0.2) is 0 Å². The summed E-state index contributed by atoms with van der Waals surface area (Å²) in [6, 6.07) is 17.7. The van der Waals surface area contributed by atoms with Gasteiger partial charge >= 0.3 is 11.9 Å². The summed E-state index contributed by atoms with van der Waals surface area (Å²) >= 11 is 6.21. The molecule has 0 atom stereocenters. The third kappa shape index (κ3) is 5.60. The first-order valence-electron chi connectivity index (χ1n) is 11.9. The summed E-state index contributed by atoms with van der Waals surface area (Å²) in [5.74, 6) is -1.90. The molecule has 1 aliphatic rings. The number of carbonyl (C=O) groups is 4. The molecule has 0 saturated heterocycles. The molecule has 0 fully saturated rings. The average molecular weight is 533 g/mol. The highest BCUT2D eigenvalue weighted by atomic mass is 35.5. The Morgan fingerprint density at radius 1 is 0.868 bits per heavy atom. The van der Waals surface area contributed by atoms with E-state index in [1.54, 1.807) is 18.2 Å². The van der Waals surface area contributed by atoms with E-state index in [-0.39, 0.29) is 16.4 Å². The first kappa shape index (κ1) is 26.6. The lowest BCUT2D eigenvalue weighted by atomic mass is 10.1. The summed E-state index contributed by atoms with van der Waals surface area (Å²) < 4.78 is 10.6. The van der Waals surface area contributed by atoms with Crippen molar-refractivity contribution in [2.45, 2.75) is 27.2 Å². The molecule has 0 aliphatic carbocycles. The van der Waals surface area contributed by atoms with E-state index < -0.39 is 23.8 Å². The Labute approximate surface area is 224 Å². The number of aryl methyl sites for hydroxylation is 2. The first-order valence-corrected chi connectivity index (χ1v) is 12.3. The lowest BCUT2D eigenvalue weighted by molar-refractivity contribution is -0.120. The van der Waals surface area contributed by atoms with Gasteiger partial charge in [0.1, 0.15) is 16.5 Å². The average Bonchev–Trinajstić information content (AvgIpc) is 3.12. The van der Waals surface area contributed by atoms with Crippen LogP contribution in [0, 0.1) is 13.8 Å². The Morgan fingerprint density at radius 2 is 1.50 bits per heavy atom. The highest BCUT2D eigenvalue weighted by molar-refractivity contribution is 6.53. The van der Waals surface area contributed by atoms with Crippen LogP contribution in [0.1, 0.15) is 45.2 Å². The Hall–Kier alpha value is -4.43. The molecule has 8 nitrogen and oxygen atoms in total. The monoisotopic (exact) mass is 532 g/mol. The van der Waals surface area contributed by atoms with Crippen LogP contribution in [0.3, 0.4) is 0 Å². The van der Waals surface area contributed by atoms with E-state index >= 15 is 0 Å². The molecule has 0 spiro atoms. The number of nitrogens with one attached hydrogen (secondary N) is 1. The lowest BCUT2D eigenvalue weighted by Crippen LogP contribution is -2.32. The van der Waals surface area contributed by atoms with Crippen LogP contribution in [-0.4, -0.2) is 30.4 Å². The molecule has 0 unspecified atom stereocenters. The quantitative estimate of drug-likeness (QED) is 0.231. The summed E-state index contributed by atoms with van der Waals surface area (Å²) in [7, 11) is 0. The standard InChI is InChI=1S/C29H25ClN2O6/c1-4-15-37-28(35)19-8-12-22(13-9-19)32-26(33)24(30)25(27(32)34)31-21-10-6-20(7-11-21)29(36)38-23-14-5-17(2)16-18(23)3/h5-14,16,31H,4,15H2,1-3H3. The fourth-order valence-electron chi connectivity index (χ4n) is 3.78. The number of amides is 2. The van der Waals surface area contributed by atoms with E-state index in [1.807, 2.05) is 32.9 Å². The molecule has 4 rings (SSSR count). The van der Waals surface area contributed by atoms with Gasteiger partial charge in [0.05, 0.1) is 23.4 Å². The number of ether oxygens (including phenoxy) is 2. The van der Waals surface area contributed by atoms with E-state index in [0.717, 1.165) is 16.0 Å². The smallest absolute Gasteiger partial charge is 0.343 e. The molecule has 0 saturated carbocycles. The second-order valence-corrected chi connectivity index (χ2v) is 9.06. The summed E-state index contributed by atoms with van der Waals surface area (Å²) in [6.07, 6.45) is 0.695. The van der Waals surface area contributed by atoms with Crippen LogP contribution in [0.15, 0.2) is 77.5 Å². The molecule has 2 amide bonds. The molecule has 3 aromatic carbocycles. The third-order valence-corrected chi connectivity index (χ3v) is 6.10. The van der Waals surface area contributed by atoms with Crippen molar-refractivity contribution in [3.8, 4) is 5.75 Å². The van der Waals surface area contributed by atoms with E-state index in [0.29, 0.717) is 35.6 Å². The fourth-order valence-corrected chi connectivity index (χ4v) is 3.99. The maximum atomic E-state index is 13.1. The van der Waals surface area contributed by atoms with Crippen LogP contribution < -0.4 is 15.0 Å². The normalized spacial score (nSPS) is 13.1. The highest BCUT2D eigenvalue weighted by Gasteiger charge is 2.39. The van der Waals surface area contributed by atoms with Crippen molar-refractivity contribution < 1.29 is 28.7 Å². The Morgan fingerprint density at radius 3 is 2.13 bits per heavy atom. The number of hydrogen-bond donors (Lipinski definition) is 1. The van der Waals surface area contributed by atoms with Gasteiger partial charge < -0.3 is 14.8 Å². The van der Waals surface area contributed by atoms with Crippen LogP contribution >= 0.6 is 11.6 Å². The minimum atomic E-state index is -0.700. The summed E-state index contributed by atoms with van der Waals surface area (Å²) in [6.45, 7) is 6.00. The minimum Gasteiger partial charge on any atom is -0.462 e. The van der Waals surface area contributed by atoms with Crippen LogP contribution in [0.4, 0.5) is 11.4 Å². The van der Waals surface area contributed by atoms with E-state index in [4.69, 9.17) is 21.1 Å². The zero-order chi connectivity index (χ0) is 27.4. The van der Waals surface area contributed by atoms with Crippen molar-refractivity contribution in [2.75, 3.05) is 16.8 Å². The van der Waals surface area contributed by atoms with Crippen LogP contribution in [0.5, 0.6) is 5.75 Å². The summed E-state index contributed by atoms with van der Waals surface area (Å²) in [5.41, 5.74) is 3.11. The van der Waals surface area contributed by atoms with Gasteiger partial charge in [-0.25, -0.2) is 14.5 Å². The molecule has 0 aromatic heterocycles. The van der Waals surface area contributed by atoms with Crippen molar-refractivity contribution >= 4 is 46.7 Å². The molecule has 1 N–H and O–H groups in total. The van der Waals surface area contributed by atoms with Gasteiger partial charge in [0.2, 0.25) is 0 Å². The van der Waals surface area contributed by atoms with Crippen LogP contribution in [-0.2, 0) is 14.3 Å². The van der Waals surface area contributed by atoms with Gasteiger partial charge in [-0.3, -0.25) is 9.59 Å². The minimum absolute atomic E-state index is 0.103. The maximum Gasteiger partial charge on any atom is 0.343 e. The van der Waals surface area contributed by atoms with Gasteiger partial charge in [-0.15, -0.1) is 0 Å². The zero-order valence-corrected chi connectivity index (χ0v) is 21.8. The lowest BCUT2D eigenvalue weighted by Gasteiger charge is -2.15. The van der Waals surface area contributed by atoms with Gasteiger partial charge in [-0.1, -0.05) is 36.2 Å². The van der Waals surface area contributed by atoms with Crippen molar-refractivity contribution in [2.24, 2.45) is 0 Å². The van der Waals surface area contributed by atoms with Crippen molar-refractivity contribution in [3.63, 3.8) is 0 Å². The van der Waals surface area contributed by atoms with Crippen molar-refractivity contribution in [1.82, 2.24) is 0 Å².